The molecule has 6 heteroatoms. The van der Waals surface area contributed by atoms with Gasteiger partial charge in [0.05, 0.1) is 10.2 Å². The largest absolute Gasteiger partial charge is 0.331 e. The third-order valence-corrected chi connectivity index (χ3v) is 4.07. The quantitative estimate of drug-likeness (QED) is 0.432. The van der Waals surface area contributed by atoms with Crippen LogP contribution in [-0.2, 0) is 0 Å². The van der Waals surface area contributed by atoms with E-state index in [9.17, 15) is 0 Å². The van der Waals surface area contributed by atoms with Crippen molar-refractivity contribution in [1.29, 1.82) is 0 Å². The molecule has 0 saturated carbocycles. The van der Waals surface area contributed by atoms with E-state index in [0.717, 1.165) is 15.9 Å². The summed E-state index contributed by atoms with van der Waals surface area (Å²) in [5.74, 6) is 6.03. The number of hydrogen-bond donors (Lipinski definition) is 2. The van der Waals surface area contributed by atoms with Gasteiger partial charge in [0, 0.05) is 5.69 Å². The number of thiocarbonyl (C=S) groups is 1. The number of benzene rings is 2. The highest BCUT2D eigenvalue weighted by Crippen LogP contribution is 2.27. The van der Waals surface area contributed by atoms with Crippen LogP contribution in [0.25, 0.3) is 10.2 Å². The van der Waals surface area contributed by atoms with Crippen molar-refractivity contribution in [3.63, 3.8) is 0 Å². The van der Waals surface area contributed by atoms with E-state index < -0.39 is 0 Å². The fourth-order valence-corrected chi connectivity index (χ4v) is 2.91. The predicted octanol–water partition coefficient (Wildman–Crippen LogP) is 3.37. The van der Waals surface area contributed by atoms with Crippen LogP contribution in [0.4, 0.5) is 10.8 Å². The average Bonchev–Trinajstić information content (AvgIpc) is 2.91. The van der Waals surface area contributed by atoms with Crippen LogP contribution in [0.15, 0.2) is 54.6 Å². The van der Waals surface area contributed by atoms with Gasteiger partial charge in [0.15, 0.2) is 5.11 Å². The number of anilines is 2. The highest BCUT2D eigenvalue weighted by atomic mass is 32.1. The summed E-state index contributed by atoms with van der Waals surface area (Å²) in [7, 11) is 0. The number of aromatic nitrogens is 1. The summed E-state index contributed by atoms with van der Waals surface area (Å²) < 4.78 is 1.08. The van der Waals surface area contributed by atoms with Crippen molar-refractivity contribution in [2.75, 3.05) is 10.3 Å². The summed E-state index contributed by atoms with van der Waals surface area (Å²) in [5, 5.41) is 5.56. The Kier molecular flexibility index (Phi) is 3.60. The number of hydrazine groups is 1. The zero-order chi connectivity index (χ0) is 13.9. The van der Waals surface area contributed by atoms with E-state index in [4.69, 9.17) is 18.1 Å². The molecule has 1 aromatic heterocycles. The number of hydrogen-bond acceptors (Lipinski definition) is 4. The van der Waals surface area contributed by atoms with Gasteiger partial charge in [0.25, 0.3) is 0 Å². The molecular formula is C14H12N4S2. The standard InChI is InChI=1S/C14H12N4S2/c15-18(13(19)16-10-6-2-1-3-7-10)14-17-11-8-4-5-9-12(11)20-14/h1-9H,15H2,(H,16,19). The maximum absolute atomic E-state index is 6.03. The maximum atomic E-state index is 6.03. The highest BCUT2D eigenvalue weighted by Gasteiger charge is 2.13. The minimum absolute atomic E-state index is 0.412. The number of fused-ring (bicyclic) bond motifs is 1. The van der Waals surface area contributed by atoms with Gasteiger partial charge in [-0.25, -0.2) is 15.8 Å². The van der Waals surface area contributed by atoms with Gasteiger partial charge in [-0.15, -0.1) is 0 Å². The molecule has 0 fully saturated rings. The second-order valence-electron chi connectivity index (χ2n) is 4.13. The van der Waals surface area contributed by atoms with Crippen molar-refractivity contribution < 1.29 is 0 Å². The first-order chi connectivity index (χ1) is 9.74. The zero-order valence-corrected chi connectivity index (χ0v) is 12.1. The first-order valence-electron chi connectivity index (χ1n) is 6.00. The number of nitrogens with zero attached hydrogens (tertiary/aromatic N) is 2. The van der Waals surface area contributed by atoms with Crippen LogP contribution in [-0.4, -0.2) is 10.1 Å². The van der Waals surface area contributed by atoms with E-state index >= 15 is 0 Å². The molecule has 1 heterocycles. The first-order valence-corrected chi connectivity index (χ1v) is 7.23. The number of nitrogens with two attached hydrogens (primary N) is 1. The van der Waals surface area contributed by atoms with Gasteiger partial charge in [-0.3, -0.25) is 0 Å². The van der Waals surface area contributed by atoms with Crippen molar-refractivity contribution >= 4 is 49.7 Å². The van der Waals surface area contributed by atoms with Crippen molar-refractivity contribution in [1.82, 2.24) is 4.98 Å². The molecule has 4 nitrogen and oxygen atoms in total. The molecule has 0 aliphatic heterocycles. The highest BCUT2D eigenvalue weighted by molar-refractivity contribution is 7.80. The molecule has 0 radical (unpaired) electrons. The van der Waals surface area contributed by atoms with E-state index in [0.29, 0.717) is 10.2 Å². The Hall–Kier alpha value is -2.02. The molecule has 0 atom stereocenters. The van der Waals surface area contributed by atoms with E-state index in [-0.39, 0.29) is 0 Å². The summed E-state index contributed by atoms with van der Waals surface area (Å²) in [6.45, 7) is 0. The second-order valence-corrected chi connectivity index (χ2v) is 5.53. The van der Waals surface area contributed by atoms with Gasteiger partial charge < -0.3 is 5.32 Å². The number of rotatable bonds is 2. The summed E-state index contributed by atoms with van der Waals surface area (Å²) in [4.78, 5) is 4.47. The lowest BCUT2D eigenvalue weighted by Crippen LogP contribution is -2.40. The molecule has 0 aliphatic carbocycles. The van der Waals surface area contributed by atoms with E-state index in [1.807, 2.05) is 54.6 Å². The summed E-state index contributed by atoms with van der Waals surface area (Å²) in [6, 6.07) is 17.6. The van der Waals surface area contributed by atoms with Crippen LogP contribution >= 0.6 is 23.6 Å². The van der Waals surface area contributed by atoms with Crippen LogP contribution in [0.3, 0.4) is 0 Å². The van der Waals surface area contributed by atoms with Crippen LogP contribution in [0.5, 0.6) is 0 Å². The lowest BCUT2D eigenvalue weighted by Gasteiger charge is -2.17. The molecule has 0 spiro atoms. The SMILES string of the molecule is NN(C(=S)Nc1ccccc1)c1nc2ccccc2s1. The molecule has 2 aromatic carbocycles. The lowest BCUT2D eigenvalue weighted by atomic mass is 10.3. The molecule has 0 aliphatic rings. The maximum Gasteiger partial charge on any atom is 0.207 e. The number of nitrogens with one attached hydrogen (secondary N) is 1. The van der Waals surface area contributed by atoms with Gasteiger partial charge in [-0.05, 0) is 36.5 Å². The molecule has 3 aromatic rings. The third-order valence-electron chi connectivity index (χ3n) is 2.73. The molecule has 0 saturated heterocycles. The monoisotopic (exact) mass is 300 g/mol. The topological polar surface area (TPSA) is 54.2 Å². The molecule has 0 bridgehead atoms. The Morgan fingerprint density at radius 3 is 2.55 bits per heavy atom. The number of thiazole rings is 1. The van der Waals surface area contributed by atoms with Crippen LogP contribution in [0.1, 0.15) is 0 Å². The Balaban J connectivity index is 1.81. The lowest BCUT2D eigenvalue weighted by molar-refractivity contribution is 1.13. The summed E-state index contributed by atoms with van der Waals surface area (Å²) in [6.07, 6.45) is 0. The fourth-order valence-electron chi connectivity index (χ4n) is 1.76. The van der Waals surface area contributed by atoms with Crippen LogP contribution in [0.2, 0.25) is 0 Å². The van der Waals surface area contributed by atoms with E-state index in [1.165, 1.54) is 16.3 Å². The summed E-state index contributed by atoms with van der Waals surface area (Å²) >= 11 is 6.81. The van der Waals surface area contributed by atoms with Crippen molar-refractivity contribution in [3.8, 4) is 0 Å². The second kappa shape index (κ2) is 5.54. The molecule has 20 heavy (non-hydrogen) atoms. The smallest absolute Gasteiger partial charge is 0.207 e. The van der Waals surface area contributed by atoms with Gasteiger partial charge in [0.2, 0.25) is 5.13 Å². The third kappa shape index (κ3) is 2.62. The molecule has 3 rings (SSSR count). The summed E-state index contributed by atoms with van der Waals surface area (Å²) in [5.41, 5.74) is 1.82. The predicted molar refractivity (Wildman–Crippen MR) is 88.9 cm³/mol. The molecule has 0 unspecified atom stereocenters. The molecule has 100 valence electrons. The fraction of sp³-hybridized carbons (Fsp3) is 0. The van der Waals surface area contributed by atoms with Crippen molar-refractivity contribution in [2.24, 2.45) is 5.84 Å². The minimum Gasteiger partial charge on any atom is -0.331 e. The van der Waals surface area contributed by atoms with Crippen LogP contribution < -0.4 is 16.2 Å². The van der Waals surface area contributed by atoms with Gasteiger partial charge in [-0.1, -0.05) is 41.7 Å². The normalized spacial score (nSPS) is 10.4. The average molecular weight is 300 g/mol. The van der Waals surface area contributed by atoms with Gasteiger partial charge in [0.1, 0.15) is 0 Å². The van der Waals surface area contributed by atoms with Crippen molar-refractivity contribution in [3.05, 3.63) is 54.6 Å². The minimum atomic E-state index is 0.412. The Morgan fingerprint density at radius 2 is 1.80 bits per heavy atom. The first kappa shape index (κ1) is 13.0. The Morgan fingerprint density at radius 1 is 1.10 bits per heavy atom. The zero-order valence-electron chi connectivity index (χ0n) is 10.5. The van der Waals surface area contributed by atoms with Crippen LogP contribution in [0, 0.1) is 0 Å². The van der Waals surface area contributed by atoms with E-state index in [2.05, 4.69) is 10.3 Å². The Bertz CT molecular complexity index is 706. The Labute approximate surface area is 125 Å². The van der Waals surface area contributed by atoms with Gasteiger partial charge in [-0.2, -0.15) is 0 Å². The van der Waals surface area contributed by atoms with Crippen molar-refractivity contribution in [2.45, 2.75) is 0 Å². The van der Waals surface area contributed by atoms with Gasteiger partial charge >= 0.3 is 0 Å². The number of para-hydroxylation sites is 2. The molecule has 3 N–H and O–H groups in total. The molecular weight excluding hydrogens is 288 g/mol. The van der Waals surface area contributed by atoms with E-state index in [1.54, 1.807) is 0 Å². The molecule has 0 amide bonds.